The van der Waals surface area contributed by atoms with E-state index in [0.29, 0.717) is 5.56 Å². The molecule has 5 heteroatoms. The first kappa shape index (κ1) is 10.4. The average molecular weight is 221 g/mol. The number of hydrogen-bond donors (Lipinski definition) is 0. The number of nitrogens with zero attached hydrogens (tertiary/aromatic N) is 1. The Labute approximate surface area is 90.7 Å². The second-order valence-electron chi connectivity index (χ2n) is 3.03. The number of halogens is 1. The summed E-state index contributed by atoms with van der Waals surface area (Å²) >= 11 is 0. The number of ether oxygens (including phenoxy) is 1. The summed E-state index contributed by atoms with van der Waals surface area (Å²) in [7, 11) is 1.24. The molecule has 0 saturated carbocycles. The lowest BCUT2D eigenvalue weighted by Crippen LogP contribution is -2.03. The van der Waals surface area contributed by atoms with Gasteiger partial charge in [0.1, 0.15) is 5.82 Å². The number of rotatable bonds is 2. The molecule has 82 valence electrons. The number of carbonyl (C=O) groups excluding carboxylic acids is 1. The van der Waals surface area contributed by atoms with Gasteiger partial charge in [-0.3, -0.25) is 0 Å². The first-order valence-electron chi connectivity index (χ1n) is 4.50. The van der Waals surface area contributed by atoms with Gasteiger partial charge in [0.2, 0.25) is 0 Å². The smallest absolute Gasteiger partial charge is 0.360 e. The summed E-state index contributed by atoms with van der Waals surface area (Å²) in [6, 6.07) is 5.70. The van der Waals surface area contributed by atoms with E-state index in [4.69, 9.17) is 4.42 Å². The Hall–Kier alpha value is -2.17. The molecule has 0 amide bonds. The maximum atomic E-state index is 13.0. The molecule has 16 heavy (non-hydrogen) atoms. The summed E-state index contributed by atoms with van der Waals surface area (Å²) < 4.78 is 22.6. The normalized spacial score (nSPS) is 10.1. The van der Waals surface area contributed by atoms with Gasteiger partial charge in [0.25, 0.3) is 0 Å². The highest BCUT2D eigenvalue weighted by atomic mass is 19.1. The van der Waals surface area contributed by atoms with Gasteiger partial charge in [-0.15, -0.1) is 0 Å². The Balaban J connectivity index is 2.48. The summed E-state index contributed by atoms with van der Waals surface area (Å²) in [6.45, 7) is 0. The molecule has 0 bridgehead atoms. The fraction of sp³-hybridized carbons (Fsp3) is 0.0909. The van der Waals surface area contributed by atoms with Gasteiger partial charge in [-0.25, -0.2) is 14.2 Å². The number of carbonyl (C=O) groups is 1. The second-order valence-corrected chi connectivity index (χ2v) is 3.03. The van der Waals surface area contributed by atoms with E-state index in [0.717, 1.165) is 6.39 Å². The summed E-state index contributed by atoms with van der Waals surface area (Å²) in [5.74, 6) is -0.830. The first-order chi connectivity index (χ1) is 7.72. The van der Waals surface area contributed by atoms with Crippen molar-refractivity contribution < 1.29 is 18.3 Å². The molecule has 0 radical (unpaired) electrons. The SMILES string of the molecule is COC(=O)c1ncoc1-c1cccc(F)c1. The van der Waals surface area contributed by atoms with E-state index in [9.17, 15) is 9.18 Å². The molecule has 0 fully saturated rings. The van der Waals surface area contributed by atoms with Gasteiger partial charge in [0, 0.05) is 5.56 Å². The van der Waals surface area contributed by atoms with Crippen LogP contribution in [0.5, 0.6) is 0 Å². The topological polar surface area (TPSA) is 52.3 Å². The molecule has 2 aromatic rings. The predicted octanol–water partition coefficient (Wildman–Crippen LogP) is 2.27. The molecule has 0 saturated heterocycles. The molecule has 2 rings (SSSR count). The van der Waals surface area contributed by atoms with Gasteiger partial charge in [-0.05, 0) is 12.1 Å². The molecule has 0 aliphatic carbocycles. The largest absolute Gasteiger partial charge is 0.464 e. The Morgan fingerprint density at radius 1 is 1.50 bits per heavy atom. The average Bonchev–Trinajstić information content (AvgIpc) is 2.77. The van der Waals surface area contributed by atoms with Gasteiger partial charge >= 0.3 is 5.97 Å². The van der Waals surface area contributed by atoms with Crippen LogP contribution in [0.4, 0.5) is 4.39 Å². The van der Waals surface area contributed by atoms with Gasteiger partial charge < -0.3 is 9.15 Å². The van der Waals surface area contributed by atoms with Crippen LogP contribution >= 0.6 is 0 Å². The summed E-state index contributed by atoms with van der Waals surface area (Å²) in [4.78, 5) is 15.0. The van der Waals surface area contributed by atoms with Crippen molar-refractivity contribution in [2.45, 2.75) is 0 Å². The van der Waals surface area contributed by atoms with Crippen LogP contribution in [0.3, 0.4) is 0 Å². The molecule has 0 unspecified atom stereocenters. The van der Waals surface area contributed by atoms with Crippen LogP contribution in [0.1, 0.15) is 10.5 Å². The predicted molar refractivity (Wildman–Crippen MR) is 53.2 cm³/mol. The van der Waals surface area contributed by atoms with Crippen molar-refractivity contribution in [3.63, 3.8) is 0 Å². The van der Waals surface area contributed by atoms with E-state index in [1.165, 1.54) is 25.3 Å². The highest BCUT2D eigenvalue weighted by molar-refractivity contribution is 5.93. The lowest BCUT2D eigenvalue weighted by molar-refractivity contribution is 0.0595. The van der Waals surface area contributed by atoms with Crippen LogP contribution in [-0.2, 0) is 4.74 Å². The lowest BCUT2D eigenvalue weighted by atomic mass is 10.1. The van der Waals surface area contributed by atoms with E-state index in [-0.39, 0.29) is 11.5 Å². The lowest BCUT2D eigenvalue weighted by Gasteiger charge is -1.99. The van der Waals surface area contributed by atoms with E-state index < -0.39 is 11.8 Å². The van der Waals surface area contributed by atoms with Gasteiger partial charge in [0.05, 0.1) is 7.11 Å². The van der Waals surface area contributed by atoms with Gasteiger partial charge in [-0.1, -0.05) is 12.1 Å². The Morgan fingerprint density at radius 2 is 2.31 bits per heavy atom. The van der Waals surface area contributed by atoms with Crippen LogP contribution in [0.15, 0.2) is 35.1 Å². The number of hydrogen-bond acceptors (Lipinski definition) is 4. The molecule has 0 N–H and O–H groups in total. The minimum atomic E-state index is -0.618. The van der Waals surface area contributed by atoms with Crippen molar-refractivity contribution in [1.29, 1.82) is 0 Å². The summed E-state index contributed by atoms with van der Waals surface area (Å²) in [5, 5.41) is 0. The van der Waals surface area contributed by atoms with E-state index in [1.807, 2.05) is 0 Å². The van der Waals surface area contributed by atoms with E-state index in [2.05, 4.69) is 9.72 Å². The van der Waals surface area contributed by atoms with Crippen molar-refractivity contribution in [2.24, 2.45) is 0 Å². The minimum Gasteiger partial charge on any atom is -0.464 e. The van der Waals surface area contributed by atoms with Crippen molar-refractivity contribution in [3.8, 4) is 11.3 Å². The zero-order chi connectivity index (χ0) is 11.5. The third-order valence-electron chi connectivity index (χ3n) is 2.03. The number of esters is 1. The third-order valence-corrected chi connectivity index (χ3v) is 2.03. The monoisotopic (exact) mass is 221 g/mol. The molecule has 4 nitrogen and oxygen atoms in total. The third kappa shape index (κ3) is 1.79. The fourth-order valence-corrected chi connectivity index (χ4v) is 1.32. The molecule has 0 atom stereocenters. The molecular formula is C11H8FNO3. The first-order valence-corrected chi connectivity index (χ1v) is 4.50. The van der Waals surface area contributed by atoms with Crippen molar-refractivity contribution in [2.75, 3.05) is 7.11 Å². The zero-order valence-electron chi connectivity index (χ0n) is 8.44. The maximum absolute atomic E-state index is 13.0. The molecule has 1 aromatic carbocycles. The fourth-order valence-electron chi connectivity index (χ4n) is 1.32. The van der Waals surface area contributed by atoms with E-state index in [1.54, 1.807) is 6.07 Å². The van der Waals surface area contributed by atoms with Crippen molar-refractivity contribution in [3.05, 3.63) is 42.2 Å². The quantitative estimate of drug-likeness (QED) is 0.730. The number of benzene rings is 1. The minimum absolute atomic E-state index is 0.0353. The number of aromatic nitrogens is 1. The molecule has 0 aliphatic heterocycles. The molecule has 0 aliphatic rings. The molecular weight excluding hydrogens is 213 g/mol. The zero-order valence-corrected chi connectivity index (χ0v) is 8.44. The number of methoxy groups -OCH3 is 1. The van der Waals surface area contributed by atoms with Crippen LogP contribution in [0, 0.1) is 5.82 Å². The van der Waals surface area contributed by atoms with E-state index >= 15 is 0 Å². The molecule has 1 heterocycles. The van der Waals surface area contributed by atoms with Crippen molar-refractivity contribution >= 4 is 5.97 Å². The Morgan fingerprint density at radius 3 is 3.00 bits per heavy atom. The molecule has 1 aromatic heterocycles. The van der Waals surface area contributed by atoms with Crippen LogP contribution in [0.2, 0.25) is 0 Å². The van der Waals surface area contributed by atoms with Gasteiger partial charge in [0.15, 0.2) is 17.8 Å². The number of oxazole rings is 1. The second kappa shape index (κ2) is 4.14. The summed E-state index contributed by atoms with van der Waals surface area (Å²) in [6.07, 6.45) is 1.12. The van der Waals surface area contributed by atoms with Crippen molar-refractivity contribution in [1.82, 2.24) is 4.98 Å². The van der Waals surface area contributed by atoms with Gasteiger partial charge in [-0.2, -0.15) is 0 Å². The van der Waals surface area contributed by atoms with Crippen LogP contribution in [-0.4, -0.2) is 18.1 Å². The Bertz CT molecular complexity index is 521. The maximum Gasteiger partial charge on any atom is 0.360 e. The standard InChI is InChI=1S/C11H8FNO3/c1-15-11(14)9-10(16-6-13-9)7-3-2-4-8(12)5-7/h2-6H,1H3. The highest BCUT2D eigenvalue weighted by Gasteiger charge is 2.18. The highest BCUT2D eigenvalue weighted by Crippen LogP contribution is 2.23. The summed E-state index contributed by atoms with van der Waals surface area (Å²) in [5.41, 5.74) is 0.478. The van der Waals surface area contributed by atoms with Crippen LogP contribution < -0.4 is 0 Å². The van der Waals surface area contributed by atoms with Crippen LogP contribution in [0.25, 0.3) is 11.3 Å². The molecule has 0 spiro atoms. The Kier molecular flexibility index (Phi) is 2.68.